The maximum Gasteiger partial charge on any atom is 0.411 e. The minimum atomic E-state index is -0.480. The average molecular weight is 503 g/mol. The monoisotopic (exact) mass is 503 g/mol. The number of aliphatic imine (C=N–C) groups is 1. The first-order valence-corrected chi connectivity index (χ1v) is 9.28. The molecule has 0 radical (unpaired) electrons. The van der Waals surface area contributed by atoms with E-state index in [2.05, 4.69) is 37.6 Å². The molecule has 1 aromatic carbocycles. The van der Waals surface area contributed by atoms with Gasteiger partial charge in [0.1, 0.15) is 0 Å². The lowest BCUT2D eigenvalue weighted by Crippen LogP contribution is -2.37. The van der Waals surface area contributed by atoms with Gasteiger partial charge in [-0.1, -0.05) is 19.1 Å². The number of hydrogen-bond acceptors (Lipinski definition) is 5. The van der Waals surface area contributed by atoms with E-state index in [0.717, 1.165) is 35.9 Å². The number of methoxy groups -OCH3 is 1. The Labute approximate surface area is 181 Å². The summed E-state index contributed by atoms with van der Waals surface area (Å²) in [5.74, 6) is 0.744. The summed E-state index contributed by atoms with van der Waals surface area (Å²) in [5, 5.41) is 10.3. The summed E-state index contributed by atoms with van der Waals surface area (Å²) < 4.78 is 4.56. The van der Waals surface area contributed by atoms with Crippen LogP contribution in [0.4, 0.5) is 10.5 Å². The van der Waals surface area contributed by atoms with Crippen molar-refractivity contribution in [3.63, 3.8) is 0 Å². The molecular formula is C18H26IN5O2S. The molecule has 9 heteroatoms. The summed E-state index contributed by atoms with van der Waals surface area (Å²) in [6.07, 6.45) is 3.37. The lowest BCUT2D eigenvalue weighted by Gasteiger charge is -2.12. The highest BCUT2D eigenvalue weighted by atomic mass is 127. The van der Waals surface area contributed by atoms with Crippen LogP contribution in [0.3, 0.4) is 0 Å². The van der Waals surface area contributed by atoms with Crippen molar-refractivity contribution in [2.45, 2.75) is 26.3 Å². The van der Waals surface area contributed by atoms with Crippen LogP contribution in [0.5, 0.6) is 0 Å². The Morgan fingerprint density at radius 1 is 1.26 bits per heavy atom. The summed E-state index contributed by atoms with van der Waals surface area (Å²) >= 11 is 1.76. The van der Waals surface area contributed by atoms with E-state index in [4.69, 9.17) is 0 Å². The van der Waals surface area contributed by atoms with E-state index in [1.54, 1.807) is 18.4 Å². The van der Waals surface area contributed by atoms with Crippen LogP contribution < -0.4 is 16.0 Å². The summed E-state index contributed by atoms with van der Waals surface area (Å²) in [6, 6.07) is 7.54. The fourth-order valence-electron chi connectivity index (χ4n) is 2.20. The minimum absolute atomic E-state index is 0. The molecule has 2 rings (SSSR count). The van der Waals surface area contributed by atoms with Crippen LogP contribution in [0, 0.1) is 0 Å². The van der Waals surface area contributed by atoms with Gasteiger partial charge in [0.15, 0.2) is 5.96 Å². The fourth-order valence-corrected chi connectivity index (χ4v) is 3.06. The first kappa shape index (κ1) is 23.2. The highest BCUT2D eigenvalue weighted by Gasteiger charge is 2.03. The average Bonchev–Trinajstić information content (AvgIpc) is 3.13. The Kier molecular flexibility index (Phi) is 10.7. The molecule has 1 aromatic heterocycles. The number of carbonyl (C=O) groups is 1. The number of amides is 1. The summed E-state index contributed by atoms with van der Waals surface area (Å²) in [7, 11) is 3.08. The highest BCUT2D eigenvalue weighted by Crippen LogP contribution is 2.13. The number of nitrogens with one attached hydrogen (secondary N) is 3. The second-order valence-corrected chi connectivity index (χ2v) is 6.69. The number of guanidine groups is 1. The first-order valence-electron chi connectivity index (χ1n) is 8.46. The molecule has 0 aliphatic rings. The lowest BCUT2D eigenvalue weighted by atomic mass is 10.2. The molecule has 0 aliphatic carbocycles. The molecule has 3 N–H and O–H groups in total. The fraction of sp³-hybridized carbons (Fsp3) is 0.389. The van der Waals surface area contributed by atoms with Crippen LogP contribution in [-0.2, 0) is 24.1 Å². The lowest BCUT2D eigenvalue weighted by molar-refractivity contribution is 0.187. The topological polar surface area (TPSA) is 87.6 Å². The Hall–Kier alpha value is -1.88. The van der Waals surface area contributed by atoms with E-state index in [1.165, 1.54) is 12.0 Å². The van der Waals surface area contributed by atoms with Gasteiger partial charge in [-0.05, 0) is 24.1 Å². The number of aryl methyl sites for hydroxylation is 1. The molecule has 27 heavy (non-hydrogen) atoms. The zero-order valence-corrected chi connectivity index (χ0v) is 18.9. The maximum absolute atomic E-state index is 11.2. The number of rotatable bonds is 7. The summed E-state index contributed by atoms with van der Waals surface area (Å²) in [6.45, 7) is 3.55. The van der Waals surface area contributed by atoms with Gasteiger partial charge in [0, 0.05) is 43.3 Å². The van der Waals surface area contributed by atoms with Crippen LogP contribution in [0.2, 0.25) is 0 Å². The van der Waals surface area contributed by atoms with E-state index in [1.807, 2.05) is 30.5 Å². The van der Waals surface area contributed by atoms with Crippen molar-refractivity contribution in [1.82, 2.24) is 15.6 Å². The highest BCUT2D eigenvalue weighted by molar-refractivity contribution is 14.0. The number of aromatic nitrogens is 1. The summed E-state index contributed by atoms with van der Waals surface area (Å²) in [5.41, 5.74) is 1.77. The van der Waals surface area contributed by atoms with E-state index >= 15 is 0 Å². The van der Waals surface area contributed by atoms with Crippen molar-refractivity contribution in [1.29, 1.82) is 0 Å². The van der Waals surface area contributed by atoms with Gasteiger partial charge in [0.05, 0.1) is 12.1 Å². The van der Waals surface area contributed by atoms with Crippen LogP contribution >= 0.6 is 35.3 Å². The van der Waals surface area contributed by atoms with Gasteiger partial charge < -0.3 is 15.4 Å². The van der Waals surface area contributed by atoms with E-state index < -0.39 is 6.09 Å². The normalized spacial score (nSPS) is 10.7. The zero-order chi connectivity index (χ0) is 18.8. The van der Waals surface area contributed by atoms with E-state index in [9.17, 15) is 4.79 Å². The van der Waals surface area contributed by atoms with Gasteiger partial charge in [0.2, 0.25) is 0 Å². The SMILES string of the molecule is CCc1cnc(CCNC(=NC)NCc2ccc(NC(=O)OC)cc2)s1.I. The molecule has 0 aliphatic heterocycles. The molecule has 148 valence electrons. The molecule has 0 saturated carbocycles. The smallest absolute Gasteiger partial charge is 0.411 e. The molecular weight excluding hydrogens is 477 g/mol. The molecule has 1 heterocycles. The molecule has 0 fully saturated rings. The van der Waals surface area contributed by atoms with Gasteiger partial charge >= 0.3 is 6.09 Å². The van der Waals surface area contributed by atoms with Crippen molar-refractivity contribution < 1.29 is 9.53 Å². The quantitative estimate of drug-likeness (QED) is 0.306. The third-order valence-electron chi connectivity index (χ3n) is 3.65. The van der Waals surface area contributed by atoms with Crippen molar-refractivity contribution in [2.24, 2.45) is 4.99 Å². The third kappa shape index (κ3) is 8.12. The van der Waals surface area contributed by atoms with E-state index in [0.29, 0.717) is 12.2 Å². The predicted molar refractivity (Wildman–Crippen MR) is 121 cm³/mol. The zero-order valence-electron chi connectivity index (χ0n) is 15.7. The van der Waals surface area contributed by atoms with Gasteiger partial charge in [0.25, 0.3) is 0 Å². The number of nitrogens with zero attached hydrogens (tertiary/aromatic N) is 2. The number of halogens is 1. The Bertz CT molecular complexity index is 734. The molecule has 0 unspecified atom stereocenters. The van der Waals surface area contributed by atoms with Gasteiger partial charge in [-0.25, -0.2) is 9.78 Å². The molecule has 1 amide bonds. The second-order valence-electron chi connectivity index (χ2n) is 5.49. The van der Waals surface area contributed by atoms with Crippen LogP contribution in [0.1, 0.15) is 22.4 Å². The number of benzene rings is 1. The van der Waals surface area contributed by atoms with Crippen LogP contribution in [-0.4, -0.2) is 37.7 Å². The van der Waals surface area contributed by atoms with E-state index in [-0.39, 0.29) is 24.0 Å². The largest absolute Gasteiger partial charge is 0.453 e. The number of hydrogen-bond donors (Lipinski definition) is 3. The van der Waals surface area contributed by atoms with Crippen molar-refractivity contribution in [3.05, 3.63) is 45.9 Å². The molecule has 0 saturated heterocycles. The Morgan fingerprint density at radius 2 is 2.00 bits per heavy atom. The number of thiazole rings is 1. The standard InChI is InChI=1S/C18H25N5O2S.HI/c1-4-15-12-21-16(26-15)9-10-20-17(19-2)22-11-13-5-7-14(8-6-13)23-18(24)25-3;/h5-8,12H,4,9-11H2,1-3H3,(H,23,24)(H2,19,20,22);1H. The number of ether oxygens (including phenoxy) is 1. The molecule has 0 bridgehead atoms. The summed E-state index contributed by atoms with van der Waals surface area (Å²) in [4.78, 5) is 21.1. The molecule has 0 atom stereocenters. The van der Waals surface area contributed by atoms with Crippen molar-refractivity contribution in [3.8, 4) is 0 Å². The van der Waals surface area contributed by atoms with Gasteiger partial charge in [-0.3, -0.25) is 10.3 Å². The van der Waals surface area contributed by atoms with Crippen LogP contribution in [0.25, 0.3) is 0 Å². The molecule has 0 spiro atoms. The Balaban J connectivity index is 0.00000364. The number of anilines is 1. The maximum atomic E-state index is 11.2. The van der Waals surface area contributed by atoms with Crippen molar-refractivity contribution >= 4 is 53.1 Å². The second kappa shape index (κ2) is 12.5. The molecule has 7 nitrogen and oxygen atoms in total. The third-order valence-corrected chi connectivity index (χ3v) is 4.85. The molecule has 2 aromatic rings. The van der Waals surface area contributed by atoms with Crippen molar-refractivity contribution in [2.75, 3.05) is 26.0 Å². The Morgan fingerprint density at radius 3 is 2.59 bits per heavy atom. The predicted octanol–water partition coefficient (Wildman–Crippen LogP) is 3.41. The van der Waals surface area contributed by atoms with Gasteiger partial charge in [-0.2, -0.15) is 0 Å². The van der Waals surface area contributed by atoms with Gasteiger partial charge in [-0.15, -0.1) is 35.3 Å². The van der Waals surface area contributed by atoms with Crippen LogP contribution in [0.15, 0.2) is 35.5 Å². The first-order chi connectivity index (χ1) is 12.6. The number of carbonyl (C=O) groups excluding carboxylic acids is 1. The minimum Gasteiger partial charge on any atom is -0.453 e.